The van der Waals surface area contributed by atoms with Crippen molar-refractivity contribution in [1.29, 1.82) is 0 Å². The first-order valence-corrected chi connectivity index (χ1v) is 9.12. The predicted molar refractivity (Wildman–Crippen MR) is 102 cm³/mol. The van der Waals surface area contributed by atoms with E-state index in [9.17, 15) is 9.18 Å². The van der Waals surface area contributed by atoms with Crippen LogP contribution in [0, 0.1) is 5.82 Å². The average Bonchev–Trinajstić information content (AvgIpc) is 3.08. The Bertz CT molecular complexity index is 1120. The van der Waals surface area contributed by atoms with E-state index >= 15 is 0 Å². The van der Waals surface area contributed by atoms with Gasteiger partial charge in [0.25, 0.3) is 5.56 Å². The lowest BCUT2D eigenvalue weighted by Gasteiger charge is -2.05. The Morgan fingerprint density at radius 3 is 2.54 bits per heavy atom. The van der Waals surface area contributed by atoms with E-state index in [4.69, 9.17) is 11.6 Å². The highest BCUT2D eigenvalue weighted by Gasteiger charge is 2.14. The van der Waals surface area contributed by atoms with Crippen molar-refractivity contribution in [2.45, 2.75) is 13.0 Å². The average molecular weight is 386 g/mol. The maximum Gasteiger partial charge on any atom is 0.272 e. The van der Waals surface area contributed by atoms with Gasteiger partial charge in [0, 0.05) is 17.1 Å². The summed E-state index contributed by atoms with van der Waals surface area (Å²) >= 11 is 7.07. The molecule has 0 unspecified atom stereocenters. The van der Waals surface area contributed by atoms with E-state index in [1.54, 1.807) is 35.2 Å². The van der Waals surface area contributed by atoms with Crippen molar-refractivity contribution in [3.63, 3.8) is 0 Å². The van der Waals surface area contributed by atoms with Gasteiger partial charge in [-0.05, 0) is 47.8 Å². The molecule has 26 heavy (non-hydrogen) atoms. The van der Waals surface area contributed by atoms with Crippen LogP contribution in [-0.2, 0) is 13.0 Å². The molecule has 4 aromatic rings. The number of nitrogens with zero attached hydrogens (tertiary/aromatic N) is 3. The third-order valence-electron chi connectivity index (χ3n) is 4.12. The first kappa shape index (κ1) is 16.9. The molecular weight excluding hydrogens is 373 g/mol. The van der Waals surface area contributed by atoms with E-state index in [0.717, 1.165) is 22.7 Å². The molecule has 0 spiro atoms. The van der Waals surface area contributed by atoms with Crippen molar-refractivity contribution in [3.05, 3.63) is 81.6 Å². The molecule has 0 aliphatic heterocycles. The number of aromatic nitrogens is 3. The molecule has 2 heterocycles. The van der Waals surface area contributed by atoms with Crippen LogP contribution in [-0.4, -0.2) is 13.9 Å². The minimum absolute atomic E-state index is 0.116. The molecule has 0 aliphatic rings. The Hall–Kier alpha value is -2.57. The van der Waals surface area contributed by atoms with Gasteiger partial charge in [-0.2, -0.15) is 4.37 Å². The van der Waals surface area contributed by atoms with E-state index in [0.29, 0.717) is 33.9 Å². The quantitative estimate of drug-likeness (QED) is 0.517. The van der Waals surface area contributed by atoms with Gasteiger partial charge in [-0.25, -0.2) is 9.37 Å². The van der Waals surface area contributed by atoms with Crippen molar-refractivity contribution >= 4 is 33.4 Å². The third kappa shape index (κ3) is 3.25. The molecule has 7 heteroatoms. The largest absolute Gasteiger partial charge is 0.298 e. The second-order valence-electron chi connectivity index (χ2n) is 5.84. The highest BCUT2D eigenvalue weighted by Crippen LogP contribution is 2.28. The number of rotatable bonds is 4. The summed E-state index contributed by atoms with van der Waals surface area (Å²) < 4.78 is 19.5. The summed E-state index contributed by atoms with van der Waals surface area (Å²) in [5, 5.41) is 0.643. The molecule has 2 aromatic heterocycles. The molecule has 130 valence electrons. The molecule has 4 nitrogen and oxygen atoms in total. The van der Waals surface area contributed by atoms with Gasteiger partial charge in [-0.1, -0.05) is 35.9 Å². The summed E-state index contributed by atoms with van der Waals surface area (Å²) in [6.45, 7) is 0.474. The first-order chi connectivity index (χ1) is 12.6. The van der Waals surface area contributed by atoms with E-state index in [-0.39, 0.29) is 11.4 Å². The van der Waals surface area contributed by atoms with Crippen molar-refractivity contribution in [3.8, 4) is 11.3 Å². The monoisotopic (exact) mass is 385 g/mol. The highest BCUT2D eigenvalue weighted by atomic mass is 35.5. The lowest BCUT2D eigenvalue weighted by Crippen LogP contribution is -2.20. The topological polar surface area (TPSA) is 47.8 Å². The lowest BCUT2D eigenvalue weighted by atomic mass is 10.1. The molecule has 0 fully saturated rings. The van der Waals surface area contributed by atoms with Gasteiger partial charge in [0.05, 0.1) is 6.33 Å². The van der Waals surface area contributed by atoms with Crippen LogP contribution in [0.1, 0.15) is 5.56 Å². The predicted octanol–water partition coefficient (Wildman–Crippen LogP) is 4.56. The summed E-state index contributed by atoms with van der Waals surface area (Å²) in [5.41, 5.74) is 3.00. The molecule has 0 bridgehead atoms. The van der Waals surface area contributed by atoms with Crippen LogP contribution >= 0.6 is 23.1 Å². The molecule has 0 atom stereocenters. The van der Waals surface area contributed by atoms with Crippen molar-refractivity contribution < 1.29 is 4.39 Å². The van der Waals surface area contributed by atoms with E-state index in [1.807, 2.05) is 12.1 Å². The van der Waals surface area contributed by atoms with E-state index < -0.39 is 0 Å². The van der Waals surface area contributed by atoms with Crippen LogP contribution < -0.4 is 5.56 Å². The van der Waals surface area contributed by atoms with Crippen molar-refractivity contribution in [1.82, 2.24) is 13.9 Å². The van der Waals surface area contributed by atoms with Gasteiger partial charge >= 0.3 is 0 Å². The molecule has 0 saturated carbocycles. The van der Waals surface area contributed by atoms with Crippen LogP contribution in [0.3, 0.4) is 0 Å². The van der Waals surface area contributed by atoms with Gasteiger partial charge in [-0.15, -0.1) is 0 Å². The summed E-state index contributed by atoms with van der Waals surface area (Å²) in [7, 11) is 0. The van der Waals surface area contributed by atoms with E-state index in [1.165, 1.54) is 12.1 Å². The lowest BCUT2D eigenvalue weighted by molar-refractivity contribution is 0.624. The number of fused-ring (bicyclic) bond motifs is 1. The van der Waals surface area contributed by atoms with Crippen LogP contribution in [0.2, 0.25) is 5.02 Å². The SMILES string of the molecule is O=c1c2snc(-c3ccc(Cl)cc3)c2ncn1CCc1ccc(F)cc1. The van der Waals surface area contributed by atoms with Crippen LogP contribution in [0.5, 0.6) is 0 Å². The summed E-state index contributed by atoms with van der Waals surface area (Å²) in [4.78, 5) is 17.2. The van der Waals surface area contributed by atoms with Gasteiger partial charge in [0.2, 0.25) is 0 Å². The minimum atomic E-state index is -0.270. The molecule has 0 amide bonds. The van der Waals surface area contributed by atoms with Gasteiger partial charge < -0.3 is 0 Å². The highest BCUT2D eigenvalue weighted by molar-refractivity contribution is 7.13. The fourth-order valence-electron chi connectivity index (χ4n) is 2.71. The fourth-order valence-corrected chi connectivity index (χ4v) is 3.64. The van der Waals surface area contributed by atoms with Crippen LogP contribution in [0.4, 0.5) is 4.39 Å². The number of aryl methyl sites for hydroxylation is 2. The normalized spacial score (nSPS) is 11.2. The molecule has 0 N–H and O–H groups in total. The first-order valence-electron chi connectivity index (χ1n) is 7.97. The number of hydrogen-bond donors (Lipinski definition) is 0. The maximum atomic E-state index is 13.0. The zero-order valence-electron chi connectivity index (χ0n) is 13.5. The minimum Gasteiger partial charge on any atom is -0.298 e. The molecule has 2 aromatic carbocycles. The maximum absolute atomic E-state index is 13.0. The fraction of sp³-hybridized carbons (Fsp3) is 0.105. The van der Waals surface area contributed by atoms with E-state index in [2.05, 4.69) is 9.36 Å². The number of halogens is 2. The second-order valence-corrected chi connectivity index (χ2v) is 7.05. The summed E-state index contributed by atoms with van der Waals surface area (Å²) in [5.74, 6) is -0.270. The smallest absolute Gasteiger partial charge is 0.272 e. The Kier molecular flexibility index (Phi) is 4.53. The van der Waals surface area contributed by atoms with Gasteiger partial charge in [0.1, 0.15) is 21.7 Å². The Labute approximate surface area is 157 Å². The standard InChI is InChI=1S/C19H13ClFN3OS/c20-14-5-3-13(4-6-14)16-17-18(26-23-16)19(25)24(11-22-17)10-9-12-1-7-15(21)8-2-12/h1-8,11H,9-10H2. The summed E-state index contributed by atoms with van der Waals surface area (Å²) in [6, 6.07) is 13.6. The van der Waals surface area contributed by atoms with Crippen LogP contribution in [0.25, 0.3) is 21.5 Å². The Morgan fingerprint density at radius 2 is 1.81 bits per heavy atom. The van der Waals surface area contributed by atoms with Crippen LogP contribution in [0.15, 0.2) is 59.7 Å². The zero-order valence-corrected chi connectivity index (χ0v) is 15.1. The molecule has 0 saturated heterocycles. The Morgan fingerprint density at radius 1 is 1.08 bits per heavy atom. The molecular formula is C19H13ClFN3OS. The third-order valence-corrected chi connectivity index (χ3v) is 5.20. The molecule has 0 aliphatic carbocycles. The zero-order chi connectivity index (χ0) is 18.1. The summed E-state index contributed by atoms with van der Waals surface area (Å²) in [6.07, 6.45) is 2.16. The van der Waals surface area contributed by atoms with Crippen molar-refractivity contribution in [2.75, 3.05) is 0 Å². The van der Waals surface area contributed by atoms with Crippen molar-refractivity contribution in [2.24, 2.45) is 0 Å². The van der Waals surface area contributed by atoms with Gasteiger partial charge in [0.15, 0.2) is 0 Å². The second kappa shape index (κ2) is 6.97. The van der Waals surface area contributed by atoms with Gasteiger partial charge in [-0.3, -0.25) is 9.36 Å². The molecule has 4 rings (SSSR count). The Balaban J connectivity index is 1.64. The molecule has 0 radical (unpaired) electrons. The number of hydrogen-bond acceptors (Lipinski definition) is 4. The number of benzene rings is 2.